The average molecular weight is 365 g/mol. The van der Waals surface area contributed by atoms with Crippen LogP contribution in [-0.2, 0) is 9.59 Å². The van der Waals surface area contributed by atoms with Crippen molar-refractivity contribution in [1.82, 2.24) is 0 Å². The van der Waals surface area contributed by atoms with Crippen LogP contribution in [0.2, 0.25) is 0 Å². The Hall–Kier alpha value is -1.68. The van der Waals surface area contributed by atoms with E-state index in [1.54, 1.807) is 13.8 Å². The van der Waals surface area contributed by atoms with Crippen LogP contribution in [0.4, 0.5) is 0 Å². The van der Waals surface area contributed by atoms with Crippen LogP contribution in [0, 0.1) is 23.7 Å². The summed E-state index contributed by atoms with van der Waals surface area (Å²) < 4.78 is 0. The van der Waals surface area contributed by atoms with Crippen LogP contribution in [0.1, 0.15) is 61.3 Å². The molecule has 4 nitrogen and oxygen atoms in total. The maximum atomic E-state index is 12.6. The molecule has 0 aromatic heterocycles. The number of aliphatic hydroxyl groups excluding tert-OH is 1. The van der Waals surface area contributed by atoms with Crippen molar-refractivity contribution < 1.29 is 19.8 Å². The molecule has 148 valence electrons. The number of allylic oxidation sites excluding steroid dienone is 6. The van der Waals surface area contributed by atoms with Gasteiger partial charge >= 0.3 is 5.97 Å². The lowest BCUT2D eigenvalue weighted by atomic mass is 9.83. The Morgan fingerprint density at radius 3 is 2.15 bits per heavy atom. The molecule has 0 aromatic carbocycles. The van der Waals surface area contributed by atoms with Crippen LogP contribution in [0.3, 0.4) is 0 Å². The van der Waals surface area contributed by atoms with Gasteiger partial charge in [0.25, 0.3) is 0 Å². The van der Waals surface area contributed by atoms with Crippen LogP contribution in [0.5, 0.6) is 0 Å². The zero-order valence-electron chi connectivity index (χ0n) is 17.3. The number of carbonyl (C=O) groups excluding carboxylic acids is 1. The normalized spacial score (nSPS) is 19.1. The number of ketones is 1. The second kappa shape index (κ2) is 11.8. The monoisotopic (exact) mass is 364 g/mol. The summed E-state index contributed by atoms with van der Waals surface area (Å²) in [5.41, 5.74) is 2.13. The van der Waals surface area contributed by atoms with Crippen molar-refractivity contribution in [2.45, 2.75) is 67.4 Å². The highest BCUT2D eigenvalue weighted by Crippen LogP contribution is 2.23. The summed E-state index contributed by atoms with van der Waals surface area (Å²) in [6.07, 6.45) is 8.14. The lowest BCUT2D eigenvalue weighted by molar-refractivity contribution is -0.141. The number of aliphatic carboxylic acids is 1. The standard InChI is InChI=1S/C22H36O4/c1-8-14(2)12-17(5)20(23)19(7)21(24)18(6)13-15(3)10-9-11-16(4)22(25)26/h8-10,13,16-20,23H,11-12H2,1-7H3,(H,25,26)/b10-9+,14-8+,15-13+/t16-,17+,18+,19-,20+/m1/s1. The van der Waals surface area contributed by atoms with Crippen molar-refractivity contribution in [1.29, 1.82) is 0 Å². The van der Waals surface area contributed by atoms with Crippen LogP contribution >= 0.6 is 0 Å². The molecule has 4 heteroatoms. The summed E-state index contributed by atoms with van der Waals surface area (Å²) in [5.74, 6) is -1.91. The van der Waals surface area contributed by atoms with E-state index in [9.17, 15) is 14.7 Å². The summed E-state index contributed by atoms with van der Waals surface area (Å²) in [6.45, 7) is 13.2. The van der Waals surface area contributed by atoms with Gasteiger partial charge in [-0.15, -0.1) is 0 Å². The molecule has 0 radical (unpaired) electrons. The minimum Gasteiger partial charge on any atom is -0.481 e. The molecule has 0 saturated heterocycles. The first-order valence-corrected chi connectivity index (χ1v) is 9.42. The van der Waals surface area contributed by atoms with Crippen molar-refractivity contribution >= 4 is 11.8 Å². The Morgan fingerprint density at radius 1 is 1.08 bits per heavy atom. The first-order valence-electron chi connectivity index (χ1n) is 9.42. The van der Waals surface area contributed by atoms with Gasteiger partial charge in [0.05, 0.1) is 12.0 Å². The van der Waals surface area contributed by atoms with E-state index in [0.717, 1.165) is 12.0 Å². The lowest BCUT2D eigenvalue weighted by Crippen LogP contribution is -2.34. The molecule has 0 amide bonds. The minimum absolute atomic E-state index is 0.0223. The molecule has 0 heterocycles. The molecule has 0 bridgehead atoms. The third-order valence-electron chi connectivity index (χ3n) is 4.93. The van der Waals surface area contributed by atoms with Crippen LogP contribution in [-0.4, -0.2) is 28.1 Å². The fourth-order valence-corrected chi connectivity index (χ4v) is 2.91. The molecule has 0 fully saturated rings. The third kappa shape index (κ3) is 8.61. The number of rotatable bonds is 11. The van der Waals surface area contributed by atoms with Gasteiger partial charge in [0.15, 0.2) is 0 Å². The number of carbonyl (C=O) groups is 2. The maximum Gasteiger partial charge on any atom is 0.306 e. The topological polar surface area (TPSA) is 74.6 Å². The smallest absolute Gasteiger partial charge is 0.306 e. The van der Waals surface area contributed by atoms with E-state index in [1.165, 1.54) is 5.57 Å². The number of hydrogen-bond donors (Lipinski definition) is 2. The van der Waals surface area contributed by atoms with E-state index in [2.05, 4.69) is 0 Å². The molecule has 0 aliphatic carbocycles. The van der Waals surface area contributed by atoms with Crippen molar-refractivity contribution in [3.63, 3.8) is 0 Å². The Morgan fingerprint density at radius 2 is 1.65 bits per heavy atom. The third-order valence-corrected chi connectivity index (χ3v) is 4.93. The van der Waals surface area contributed by atoms with E-state index >= 15 is 0 Å². The fraction of sp³-hybridized carbons (Fsp3) is 0.636. The average Bonchev–Trinajstić information content (AvgIpc) is 2.58. The zero-order valence-corrected chi connectivity index (χ0v) is 17.3. The van der Waals surface area contributed by atoms with Gasteiger partial charge in [-0.3, -0.25) is 9.59 Å². The summed E-state index contributed by atoms with van der Waals surface area (Å²) in [6, 6.07) is 0. The van der Waals surface area contributed by atoms with E-state index < -0.39 is 23.9 Å². The second-order valence-corrected chi connectivity index (χ2v) is 7.57. The molecule has 0 spiro atoms. The largest absolute Gasteiger partial charge is 0.481 e. The van der Waals surface area contributed by atoms with E-state index in [1.807, 2.05) is 58.9 Å². The SMILES string of the molecule is C/C=C(\C)C[C@H](C)[C@H](O)[C@@H](C)C(=O)[C@@H](C)/C=C(C)/C=C/C[C@@H](C)C(=O)O. The highest BCUT2D eigenvalue weighted by Gasteiger charge is 2.29. The molecule has 0 unspecified atom stereocenters. The number of hydrogen-bond acceptors (Lipinski definition) is 3. The molecule has 5 atom stereocenters. The molecule has 0 aromatic rings. The molecular weight excluding hydrogens is 328 g/mol. The van der Waals surface area contributed by atoms with Crippen LogP contribution in [0.15, 0.2) is 35.5 Å². The Balaban J connectivity index is 4.81. The summed E-state index contributed by atoms with van der Waals surface area (Å²) in [7, 11) is 0. The number of aliphatic hydroxyl groups is 1. The maximum absolute atomic E-state index is 12.6. The van der Waals surface area contributed by atoms with E-state index in [4.69, 9.17) is 5.11 Å². The van der Waals surface area contributed by atoms with Gasteiger partial charge < -0.3 is 10.2 Å². The molecule has 0 saturated carbocycles. The van der Waals surface area contributed by atoms with Gasteiger partial charge in [0, 0.05) is 11.8 Å². The molecule has 0 rings (SSSR count). The van der Waals surface area contributed by atoms with Gasteiger partial charge in [-0.2, -0.15) is 0 Å². The van der Waals surface area contributed by atoms with Gasteiger partial charge in [0.2, 0.25) is 0 Å². The van der Waals surface area contributed by atoms with Gasteiger partial charge in [0.1, 0.15) is 5.78 Å². The van der Waals surface area contributed by atoms with Crippen LogP contribution < -0.4 is 0 Å². The molecule has 0 aliphatic heterocycles. The molecular formula is C22H36O4. The van der Waals surface area contributed by atoms with Crippen molar-refractivity contribution in [2.24, 2.45) is 23.7 Å². The Kier molecular flexibility index (Phi) is 11.1. The molecule has 0 aliphatic rings. The van der Waals surface area contributed by atoms with E-state index in [0.29, 0.717) is 6.42 Å². The molecule has 2 N–H and O–H groups in total. The van der Waals surface area contributed by atoms with Crippen molar-refractivity contribution in [3.8, 4) is 0 Å². The summed E-state index contributed by atoms with van der Waals surface area (Å²) in [4.78, 5) is 23.4. The Labute approximate surface area is 158 Å². The number of Topliss-reactive ketones (excluding diaryl/α,β-unsaturated/α-hetero) is 1. The summed E-state index contributed by atoms with van der Waals surface area (Å²) >= 11 is 0. The fourth-order valence-electron chi connectivity index (χ4n) is 2.91. The van der Waals surface area contributed by atoms with Gasteiger partial charge in [-0.1, -0.05) is 63.1 Å². The molecule has 26 heavy (non-hydrogen) atoms. The van der Waals surface area contributed by atoms with Gasteiger partial charge in [-0.05, 0) is 39.5 Å². The van der Waals surface area contributed by atoms with Crippen molar-refractivity contribution in [3.05, 3.63) is 35.5 Å². The Bertz CT molecular complexity index is 556. The van der Waals surface area contributed by atoms with Crippen molar-refractivity contribution in [2.75, 3.05) is 0 Å². The highest BCUT2D eigenvalue weighted by atomic mass is 16.4. The summed E-state index contributed by atoms with van der Waals surface area (Å²) in [5, 5.41) is 19.4. The quantitative estimate of drug-likeness (QED) is 0.408. The lowest BCUT2D eigenvalue weighted by Gasteiger charge is -2.25. The second-order valence-electron chi connectivity index (χ2n) is 7.57. The zero-order chi connectivity index (χ0) is 20.4. The predicted octanol–water partition coefficient (Wildman–Crippen LogP) is 4.79. The van der Waals surface area contributed by atoms with E-state index in [-0.39, 0.29) is 17.6 Å². The van der Waals surface area contributed by atoms with Crippen LogP contribution in [0.25, 0.3) is 0 Å². The highest BCUT2D eigenvalue weighted by molar-refractivity contribution is 5.85. The number of carboxylic acids is 1. The minimum atomic E-state index is -0.815. The predicted molar refractivity (Wildman–Crippen MR) is 107 cm³/mol. The number of carboxylic acid groups (broad SMARTS) is 1. The first kappa shape index (κ1) is 24.3. The van der Waals surface area contributed by atoms with Gasteiger partial charge in [-0.25, -0.2) is 0 Å². The first-order chi connectivity index (χ1) is 12.0.